The van der Waals surface area contributed by atoms with Crippen molar-refractivity contribution in [2.45, 2.75) is 45.3 Å². The third-order valence-electron chi connectivity index (χ3n) is 5.24. The van der Waals surface area contributed by atoms with Crippen molar-refractivity contribution >= 4 is 0 Å². The molecule has 2 aromatic rings. The number of aromatic hydroxyl groups is 1. The van der Waals surface area contributed by atoms with Crippen LogP contribution in [0.4, 0.5) is 0 Å². The number of phenolic OH excluding ortho intramolecular Hbond substituents is 1. The third kappa shape index (κ3) is 2.82. The lowest BCUT2D eigenvalue weighted by atomic mass is 9.93. The van der Waals surface area contributed by atoms with E-state index in [4.69, 9.17) is 9.47 Å². The van der Waals surface area contributed by atoms with Gasteiger partial charge in [0.1, 0.15) is 5.75 Å². The predicted octanol–water partition coefficient (Wildman–Crippen LogP) is 3.85. The molecule has 0 saturated carbocycles. The molecular formula is C20H23NO3. The number of benzene rings is 2. The molecule has 0 atom stereocenters. The molecule has 0 fully saturated rings. The van der Waals surface area contributed by atoms with Gasteiger partial charge >= 0.3 is 0 Å². The first-order chi connectivity index (χ1) is 11.5. The van der Waals surface area contributed by atoms with Gasteiger partial charge in [-0.2, -0.15) is 0 Å². The Bertz CT molecular complexity index is 719. The number of nitrogens with zero attached hydrogens (tertiary/aromatic N) is 1. The van der Waals surface area contributed by atoms with Gasteiger partial charge in [-0.05, 0) is 67.6 Å². The first-order valence-electron chi connectivity index (χ1n) is 8.46. The van der Waals surface area contributed by atoms with Crippen LogP contribution in [0, 0.1) is 0 Å². The highest BCUT2D eigenvalue weighted by molar-refractivity contribution is 5.50. The number of ether oxygens (including phenoxy) is 2. The van der Waals surface area contributed by atoms with E-state index >= 15 is 0 Å². The molecule has 2 aliphatic heterocycles. The molecule has 0 amide bonds. The maximum atomic E-state index is 9.40. The summed E-state index contributed by atoms with van der Waals surface area (Å²) in [6.45, 7) is 6.85. The lowest BCUT2D eigenvalue weighted by Crippen LogP contribution is -2.40. The van der Waals surface area contributed by atoms with Crippen molar-refractivity contribution in [1.82, 2.24) is 4.90 Å². The van der Waals surface area contributed by atoms with E-state index in [1.807, 2.05) is 12.1 Å². The van der Waals surface area contributed by atoms with Crippen LogP contribution >= 0.6 is 0 Å². The maximum absolute atomic E-state index is 9.40. The zero-order chi connectivity index (χ0) is 16.7. The standard InChI is InChI=1S/C20H23NO3/c1-20(2,8-7-14-3-5-17(22)6-4-14)21-11-15-9-18-19(24-13-23-18)10-16(15)12-21/h3-6,9-10,22H,7-8,11-13H2,1-2H3. The SMILES string of the molecule is CC(C)(CCc1ccc(O)cc1)N1Cc2cc3c(cc2C1)OCO3. The van der Waals surface area contributed by atoms with Gasteiger partial charge in [0.15, 0.2) is 11.5 Å². The number of aryl methyl sites for hydroxylation is 1. The molecule has 0 unspecified atom stereocenters. The molecule has 2 aliphatic rings. The molecule has 1 N–H and O–H groups in total. The van der Waals surface area contributed by atoms with Crippen LogP contribution < -0.4 is 9.47 Å². The lowest BCUT2D eigenvalue weighted by molar-refractivity contribution is 0.109. The minimum Gasteiger partial charge on any atom is -0.508 e. The van der Waals surface area contributed by atoms with Gasteiger partial charge < -0.3 is 14.6 Å². The summed E-state index contributed by atoms with van der Waals surface area (Å²) in [5, 5.41) is 9.40. The average Bonchev–Trinajstić information content (AvgIpc) is 3.18. The van der Waals surface area contributed by atoms with Crippen LogP contribution in [0.15, 0.2) is 36.4 Å². The second-order valence-corrected chi connectivity index (χ2v) is 7.31. The number of hydrogen-bond donors (Lipinski definition) is 1. The molecule has 4 rings (SSSR count). The monoisotopic (exact) mass is 325 g/mol. The van der Waals surface area contributed by atoms with Crippen LogP contribution in [0.25, 0.3) is 0 Å². The largest absolute Gasteiger partial charge is 0.508 e. The van der Waals surface area contributed by atoms with Gasteiger partial charge in [0, 0.05) is 18.6 Å². The molecule has 2 aromatic carbocycles. The van der Waals surface area contributed by atoms with Crippen LogP contribution in [0.2, 0.25) is 0 Å². The molecule has 4 heteroatoms. The topological polar surface area (TPSA) is 41.9 Å². The van der Waals surface area contributed by atoms with Crippen LogP contribution in [0.5, 0.6) is 17.2 Å². The number of phenols is 1. The van der Waals surface area contributed by atoms with Crippen LogP contribution in [0.3, 0.4) is 0 Å². The summed E-state index contributed by atoms with van der Waals surface area (Å²) in [5.41, 5.74) is 4.05. The summed E-state index contributed by atoms with van der Waals surface area (Å²) in [7, 11) is 0. The second kappa shape index (κ2) is 5.71. The van der Waals surface area contributed by atoms with Gasteiger partial charge in [-0.3, -0.25) is 4.90 Å². The van der Waals surface area contributed by atoms with Crippen molar-refractivity contribution in [3.63, 3.8) is 0 Å². The quantitative estimate of drug-likeness (QED) is 0.927. The van der Waals surface area contributed by atoms with Crippen molar-refractivity contribution in [3.8, 4) is 17.2 Å². The molecule has 0 aromatic heterocycles. The van der Waals surface area contributed by atoms with E-state index in [9.17, 15) is 5.11 Å². The molecule has 0 radical (unpaired) electrons. The van der Waals surface area contributed by atoms with E-state index < -0.39 is 0 Å². The summed E-state index contributed by atoms with van der Waals surface area (Å²) in [5.74, 6) is 2.07. The summed E-state index contributed by atoms with van der Waals surface area (Å²) in [6.07, 6.45) is 2.07. The molecule has 0 spiro atoms. The van der Waals surface area contributed by atoms with Gasteiger partial charge in [0.05, 0.1) is 0 Å². The van der Waals surface area contributed by atoms with Gasteiger partial charge in [0.25, 0.3) is 0 Å². The van der Waals surface area contributed by atoms with E-state index in [2.05, 4.69) is 30.9 Å². The smallest absolute Gasteiger partial charge is 0.231 e. The van der Waals surface area contributed by atoms with E-state index in [0.717, 1.165) is 37.4 Å². The van der Waals surface area contributed by atoms with Crippen LogP contribution in [0.1, 0.15) is 37.0 Å². The van der Waals surface area contributed by atoms with Crippen LogP contribution in [-0.4, -0.2) is 22.3 Å². The Labute approximate surface area is 142 Å². The van der Waals surface area contributed by atoms with Crippen molar-refractivity contribution in [2.24, 2.45) is 0 Å². The molecule has 0 aliphatic carbocycles. The summed E-state index contributed by atoms with van der Waals surface area (Å²) in [6, 6.07) is 11.8. The van der Waals surface area contributed by atoms with Gasteiger partial charge in [-0.25, -0.2) is 0 Å². The minimum absolute atomic E-state index is 0.100. The zero-order valence-electron chi connectivity index (χ0n) is 14.2. The Kier molecular flexibility index (Phi) is 3.65. The summed E-state index contributed by atoms with van der Waals surface area (Å²) >= 11 is 0. The highest BCUT2D eigenvalue weighted by Crippen LogP contribution is 2.40. The molecule has 126 valence electrons. The Balaban J connectivity index is 1.44. The summed E-state index contributed by atoms with van der Waals surface area (Å²) < 4.78 is 11.0. The van der Waals surface area contributed by atoms with Crippen molar-refractivity contribution in [1.29, 1.82) is 0 Å². The highest BCUT2D eigenvalue weighted by atomic mass is 16.7. The van der Waals surface area contributed by atoms with E-state index in [1.165, 1.54) is 16.7 Å². The molecule has 0 bridgehead atoms. The normalized spacial score (nSPS) is 16.4. The van der Waals surface area contributed by atoms with Crippen molar-refractivity contribution in [3.05, 3.63) is 53.1 Å². The number of hydrogen-bond acceptors (Lipinski definition) is 4. The Morgan fingerprint density at radius 1 is 1.00 bits per heavy atom. The molecule has 4 nitrogen and oxygen atoms in total. The fraction of sp³-hybridized carbons (Fsp3) is 0.400. The Morgan fingerprint density at radius 3 is 2.17 bits per heavy atom. The Hall–Kier alpha value is -2.20. The number of fused-ring (bicyclic) bond motifs is 2. The first kappa shape index (κ1) is 15.3. The molecule has 24 heavy (non-hydrogen) atoms. The first-order valence-corrected chi connectivity index (χ1v) is 8.46. The van der Waals surface area contributed by atoms with E-state index in [1.54, 1.807) is 12.1 Å². The van der Waals surface area contributed by atoms with Crippen molar-refractivity contribution in [2.75, 3.05) is 6.79 Å². The van der Waals surface area contributed by atoms with Gasteiger partial charge in [-0.15, -0.1) is 0 Å². The van der Waals surface area contributed by atoms with E-state index in [0.29, 0.717) is 12.5 Å². The summed E-state index contributed by atoms with van der Waals surface area (Å²) in [4.78, 5) is 2.52. The predicted molar refractivity (Wildman–Crippen MR) is 92.3 cm³/mol. The zero-order valence-corrected chi connectivity index (χ0v) is 14.2. The molecule has 2 heterocycles. The third-order valence-corrected chi connectivity index (χ3v) is 5.24. The lowest BCUT2D eigenvalue weighted by Gasteiger charge is -2.35. The number of rotatable bonds is 4. The average molecular weight is 325 g/mol. The Morgan fingerprint density at radius 2 is 1.58 bits per heavy atom. The van der Waals surface area contributed by atoms with E-state index in [-0.39, 0.29) is 5.54 Å². The van der Waals surface area contributed by atoms with Crippen LogP contribution in [-0.2, 0) is 19.5 Å². The fourth-order valence-corrected chi connectivity index (χ4v) is 3.49. The minimum atomic E-state index is 0.100. The fourth-order valence-electron chi connectivity index (χ4n) is 3.49. The molecular weight excluding hydrogens is 302 g/mol. The van der Waals surface area contributed by atoms with Gasteiger partial charge in [-0.1, -0.05) is 12.1 Å². The second-order valence-electron chi connectivity index (χ2n) is 7.31. The maximum Gasteiger partial charge on any atom is 0.231 e. The molecule has 0 saturated heterocycles. The highest BCUT2D eigenvalue weighted by Gasteiger charge is 2.33. The van der Waals surface area contributed by atoms with Crippen molar-refractivity contribution < 1.29 is 14.6 Å². The van der Waals surface area contributed by atoms with Gasteiger partial charge in [0.2, 0.25) is 6.79 Å².